The van der Waals surface area contributed by atoms with E-state index >= 15 is 0 Å². The van der Waals surface area contributed by atoms with Crippen molar-refractivity contribution in [2.24, 2.45) is 5.41 Å². The van der Waals surface area contributed by atoms with Gasteiger partial charge in [-0.2, -0.15) is 0 Å². The van der Waals surface area contributed by atoms with Crippen LogP contribution in [0.15, 0.2) is 0 Å². The molecular weight excluding hydrogens is 214 g/mol. The summed E-state index contributed by atoms with van der Waals surface area (Å²) >= 11 is 0. The van der Waals surface area contributed by atoms with Gasteiger partial charge in [0.25, 0.3) is 0 Å². The Kier molecular flexibility index (Phi) is 3.61. The van der Waals surface area contributed by atoms with Crippen molar-refractivity contribution in [3.8, 4) is 0 Å². The molecule has 0 aromatic heterocycles. The summed E-state index contributed by atoms with van der Waals surface area (Å²) in [6.07, 6.45) is 2.71. The molecule has 4 heteroatoms. The van der Waals surface area contributed by atoms with E-state index in [1.165, 1.54) is 12.8 Å². The standard InChI is InChI=1S/C13H25N3O/c1-13(2,3)10-14-12(17)16-8-6-15(7-9-16)11-4-5-11/h11H,4-10H2,1-3H3,(H,14,17). The largest absolute Gasteiger partial charge is 0.337 e. The van der Waals surface area contributed by atoms with Crippen LogP contribution in [-0.2, 0) is 0 Å². The van der Waals surface area contributed by atoms with Gasteiger partial charge >= 0.3 is 6.03 Å². The van der Waals surface area contributed by atoms with Gasteiger partial charge in [0, 0.05) is 38.8 Å². The molecule has 2 fully saturated rings. The number of nitrogens with one attached hydrogen (secondary N) is 1. The smallest absolute Gasteiger partial charge is 0.317 e. The minimum absolute atomic E-state index is 0.107. The molecule has 0 bridgehead atoms. The summed E-state index contributed by atoms with van der Waals surface area (Å²) in [6, 6.07) is 0.935. The van der Waals surface area contributed by atoms with Crippen LogP contribution < -0.4 is 5.32 Å². The topological polar surface area (TPSA) is 35.6 Å². The highest BCUT2D eigenvalue weighted by Crippen LogP contribution is 2.27. The first kappa shape index (κ1) is 12.7. The van der Waals surface area contributed by atoms with Crippen molar-refractivity contribution >= 4 is 6.03 Å². The molecule has 4 nitrogen and oxygen atoms in total. The first-order valence-corrected chi connectivity index (χ1v) is 6.72. The summed E-state index contributed by atoms with van der Waals surface area (Å²) in [4.78, 5) is 16.4. The van der Waals surface area contributed by atoms with Crippen LogP contribution >= 0.6 is 0 Å². The number of urea groups is 1. The van der Waals surface area contributed by atoms with Crippen LogP contribution in [0.2, 0.25) is 0 Å². The average Bonchev–Trinajstić information content (AvgIpc) is 3.09. The van der Waals surface area contributed by atoms with Crippen molar-refractivity contribution in [3.05, 3.63) is 0 Å². The van der Waals surface area contributed by atoms with Crippen LogP contribution in [0, 0.1) is 5.41 Å². The SMILES string of the molecule is CC(C)(C)CNC(=O)N1CCN(C2CC2)CC1. The molecule has 98 valence electrons. The summed E-state index contributed by atoms with van der Waals surface area (Å²) < 4.78 is 0. The summed E-state index contributed by atoms with van der Waals surface area (Å²) in [6.45, 7) is 11.0. The zero-order valence-corrected chi connectivity index (χ0v) is 11.3. The lowest BCUT2D eigenvalue weighted by Gasteiger charge is -2.35. The highest BCUT2D eigenvalue weighted by atomic mass is 16.2. The summed E-state index contributed by atoms with van der Waals surface area (Å²) in [5, 5.41) is 3.02. The third-order valence-electron chi connectivity index (χ3n) is 3.43. The Morgan fingerprint density at radius 1 is 1.18 bits per heavy atom. The molecule has 0 unspecified atom stereocenters. The van der Waals surface area contributed by atoms with Gasteiger partial charge < -0.3 is 10.2 Å². The Bertz CT molecular complexity index is 273. The van der Waals surface area contributed by atoms with E-state index in [4.69, 9.17) is 0 Å². The molecule has 0 spiro atoms. The molecule has 0 aromatic carbocycles. The molecule has 1 aliphatic carbocycles. The molecule has 0 atom stereocenters. The quantitative estimate of drug-likeness (QED) is 0.793. The molecule has 0 radical (unpaired) electrons. The van der Waals surface area contributed by atoms with Crippen LogP contribution in [0.25, 0.3) is 0 Å². The molecule has 1 heterocycles. The second kappa shape index (κ2) is 4.84. The molecule has 2 amide bonds. The zero-order chi connectivity index (χ0) is 12.5. The molecule has 2 rings (SSSR count). The van der Waals surface area contributed by atoms with E-state index in [1.807, 2.05) is 4.90 Å². The van der Waals surface area contributed by atoms with Crippen molar-refractivity contribution in [2.75, 3.05) is 32.7 Å². The Morgan fingerprint density at radius 3 is 2.24 bits per heavy atom. The van der Waals surface area contributed by atoms with E-state index in [-0.39, 0.29) is 11.4 Å². The van der Waals surface area contributed by atoms with Crippen LogP contribution in [0.3, 0.4) is 0 Å². The van der Waals surface area contributed by atoms with E-state index < -0.39 is 0 Å². The van der Waals surface area contributed by atoms with Crippen LogP contribution in [-0.4, -0.2) is 54.6 Å². The van der Waals surface area contributed by atoms with E-state index in [0.717, 1.165) is 38.8 Å². The normalized spacial score (nSPS) is 22.6. The van der Waals surface area contributed by atoms with Crippen LogP contribution in [0.5, 0.6) is 0 Å². The fourth-order valence-corrected chi connectivity index (χ4v) is 2.18. The predicted molar refractivity (Wildman–Crippen MR) is 69.0 cm³/mol. The predicted octanol–water partition coefficient (Wildman–Crippen LogP) is 1.52. The Morgan fingerprint density at radius 2 is 1.76 bits per heavy atom. The van der Waals surface area contributed by atoms with Crippen LogP contribution in [0.4, 0.5) is 4.79 Å². The highest BCUT2D eigenvalue weighted by molar-refractivity contribution is 5.74. The number of hydrogen-bond acceptors (Lipinski definition) is 2. The van der Waals surface area contributed by atoms with E-state index in [0.29, 0.717) is 0 Å². The molecular formula is C13H25N3O. The van der Waals surface area contributed by atoms with Gasteiger partial charge in [0.1, 0.15) is 0 Å². The minimum atomic E-state index is 0.107. The fraction of sp³-hybridized carbons (Fsp3) is 0.923. The Balaban J connectivity index is 1.70. The zero-order valence-electron chi connectivity index (χ0n) is 11.3. The summed E-state index contributed by atoms with van der Waals surface area (Å²) in [7, 11) is 0. The van der Waals surface area contributed by atoms with Gasteiger partial charge in [-0.3, -0.25) is 4.90 Å². The number of amides is 2. The maximum atomic E-state index is 11.9. The molecule has 0 aromatic rings. The third kappa shape index (κ3) is 3.87. The second-order valence-electron chi connectivity index (χ2n) is 6.47. The third-order valence-corrected chi connectivity index (χ3v) is 3.43. The number of carbonyl (C=O) groups is 1. The van der Waals surface area contributed by atoms with Crippen molar-refractivity contribution in [1.82, 2.24) is 15.1 Å². The van der Waals surface area contributed by atoms with Gasteiger partial charge in [0.05, 0.1) is 0 Å². The minimum Gasteiger partial charge on any atom is -0.337 e. The maximum absolute atomic E-state index is 11.9. The lowest BCUT2D eigenvalue weighted by Crippen LogP contribution is -2.53. The van der Waals surface area contributed by atoms with Gasteiger partial charge in [0.15, 0.2) is 0 Å². The first-order chi connectivity index (χ1) is 7.96. The van der Waals surface area contributed by atoms with Crippen molar-refractivity contribution in [3.63, 3.8) is 0 Å². The van der Waals surface area contributed by atoms with Gasteiger partial charge in [-0.25, -0.2) is 4.79 Å². The Labute approximate surface area is 104 Å². The molecule has 1 saturated heterocycles. The second-order valence-corrected chi connectivity index (χ2v) is 6.47. The number of piperazine rings is 1. The maximum Gasteiger partial charge on any atom is 0.317 e. The lowest BCUT2D eigenvalue weighted by molar-refractivity contribution is 0.133. The highest BCUT2D eigenvalue weighted by Gasteiger charge is 2.32. The van der Waals surface area contributed by atoms with Crippen molar-refractivity contribution < 1.29 is 4.79 Å². The molecule has 1 saturated carbocycles. The number of carbonyl (C=O) groups excluding carboxylic acids is 1. The Hall–Kier alpha value is -0.770. The lowest BCUT2D eigenvalue weighted by atomic mass is 9.97. The van der Waals surface area contributed by atoms with Crippen molar-refractivity contribution in [1.29, 1.82) is 0 Å². The van der Waals surface area contributed by atoms with Crippen LogP contribution in [0.1, 0.15) is 33.6 Å². The molecule has 1 N–H and O–H groups in total. The number of rotatable bonds is 2. The van der Waals surface area contributed by atoms with E-state index in [9.17, 15) is 4.79 Å². The van der Waals surface area contributed by atoms with Gasteiger partial charge in [0.2, 0.25) is 0 Å². The average molecular weight is 239 g/mol. The first-order valence-electron chi connectivity index (χ1n) is 6.72. The molecule has 1 aliphatic heterocycles. The number of hydrogen-bond donors (Lipinski definition) is 1. The van der Waals surface area contributed by atoms with Gasteiger partial charge in [-0.05, 0) is 18.3 Å². The number of nitrogens with zero attached hydrogens (tertiary/aromatic N) is 2. The van der Waals surface area contributed by atoms with E-state index in [1.54, 1.807) is 0 Å². The van der Waals surface area contributed by atoms with Gasteiger partial charge in [-0.15, -0.1) is 0 Å². The summed E-state index contributed by atoms with van der Waals surface area (Å²) in [5.74, 6) is 0. The monoisotopic (exact) mass is 239 g/mol. The molecule has 2 aliphatic rings. The molecule has 17 heavy (non-hydrogen) atoms. The van der Waals surface area contributed by atoms with Crippen molar-refractivity contribution in [2.45, 2.75) is 39.7 Å². The summed E-state index contributed by atoms with van der Waals surface area (Å²) in [5.41, 5.74) is 0.158. The van der Waals surface area contributed by atoms with Gasteiger partial charge in [-0.1, -0.05) is 20.8 Å². The van der Waals surface area contributed by atoms with E-state index in [2.05, 4.69) is 31.0 Å². The fourth-order valence-electron chi connectivity index (χ4n) is 2.18.